The Balaban J connectivity index is 2.09. The molecular formula is C15H19N3. The molecule has 2 N–H and O–H groups in total. The summed E-state index contributed by atoms with van der Waals surface area (Å²) in [5, 5.41) is 11.0. The Morgan fingerprint density at radius 2 is 1.83 bits per heavy atom. The van der Waals surface area contributed by atoms with Crippen LogP contribution >= 0.6 is 0 Å². The normalized spacial score (nSPS) is 14.8. The summed E-state index contributed by atoms with van der Waals surface area (Å²) in [4.78, 5) is 0. The highest BCUT2D eigenvalue weighted by atomic mass is 15.2. The second kappa shape index (κ2) is 4.48. The summed E-state index contributed by atoms with van der Waals surface area (Å²) in [6, 6.07) is 6.66. The van der Waals surface area contributed by atoms with E-state index in [4.69, 9.17) is 0 Å². The Hall–Kier alpha value is -1.77. The lowest BCUT2D eigenvalue weighted by Gasteiger charge is -2.06. The summed E-state index contributed by atoms with van der Waals surface area (Å²) in [6.45, 7) is 5.32. The van der Waals surface area contributed by atoms with Gasteiger partial charge in [0.15, 0.2) is 5.82 Å². The van der Waals surface area contributed by atoms with E-state index in [9.17, 15) is 0 Å². The maximum atomic E-state index is 4.42. The van der Waals surface area contributed by atoms with Crippen molar-refractivity contribution < 1.29 is 0 Å². The largest absolute Gasteiger partial charge is 0.368 e. The van der Waals surface area contributed by atoms with Gasteiger partial charge in [-0.15, -0.1) is 0 Å². The molecule has 0 saturated carbocycles. The summed E-state index contributed by atoms with van der Waals surface area (Å²) in [7, 11) is 0. The molecule has 0 amide bonds. The maximum absolute atomic E-state index is 4.42. The van der Waals surface area contributed by atoms with Gasteiger partial charge < -0.3 is 5.32 Å². The Morgan fingerprint density at radius 3 is 2.61 bits per heavy atom. The first-order chi connectivity index (χ1) is 8.74. The fourth-order valence-electron chi connectivity index (χ4n) is 2.75. The molecule has 0 radical (unpaired) electrons. The van der Waals surface area contributed by atoms with Gasteiger partial charge in [0.2, 0.25) is 0 Å². The van der Waals surface area contributed by atoms with Crippen LogP contribution in [0, 0.1) is 13.8 Å². The van der Waals surface area contributed by atoms with Crippen molar-refractivity contribution in [1.29, 1.82) is 0 Å². The fourth-order valence-corrected chi connectivity index (χ4v) is 2.75. The van der Waals surface area contributed by atoms with Crippen molar-refractivity contribution in [3.05, 3.63) is 34.9 Å². The third-order valence-corrected chi connectivity index (χ3v) is 3.52. The van der Waals surface area contributed by atoms with Crippen molar-refractivity contribution in [3.63, 3.8) is 0 Å². The van der Waals surface area contributed by atoms with Crippen LogP contribution in [0.25, 0.3) is 11.3 Å². The number of nitrogens with zero attached hydrogens (tertiary/aromatic N) is 1. The van der Waals surface area contributed by atoms with Gasteiger partial charge in [0.25, 0.3) is 0 Å². The summed E-state index contributed by atoms with van der Waals surface area (Å²) < 4.78 is 0. The molecule has 1 aromatic carbocycles. The van der Waals surface area contributed by atoms with Crippen molar-refractivity contribution in [3.8, 4) is 11.3 Å². The van der Waals surface area contributed by atoms with Crippen molar-refractivity contribution in [1.82, 2.24) is 10.2 Å². The molecule has 1 aliphatic rings. The van der Waals surface area contributed by atoms with Gasteiger partial charge in [-0.3, -0.25) is 5.10 Å². The number of aryl methyl sites for hydroxylation is 2. The lowest BCUT2D eigenvalue weighted by molar-refractivity contribution is 0.783. The molecule has 0 unspecified atom stereocenters. The van der Waals surface area contributed by atoms with Crippen LogP contribution in [0.4, 0.5) is 5.82 Å². The lowest BCUT2D eigenvalue weighted by atomic mass is 10.0. The zero-order chi connectivity index (χ0) is 12.5. The second-order valence-electron chi connectivity index (χ2n) is 5.19. The molecule has 94 valence electrons. The molecule has 0 fully saturated rings. The summed E-state index contributed by atoms with van der Waals surface area (Å²) in [5.74, 6) is 1.04. The minimum atomic E-state index is 1.03. The van der Waals surface area contributed by atoms with Crippen LogP contribution < -0.4 is 5.32 Å². The van der Waals surface area contributed by atoms with E-state index in [0.29, 0.717) is 0 Å². The molecule has 0 atom stereocenters. The first-order valence-corrected chi connectivity index (χ1v) is 6.64. The first kappa shape index (κ1) is 11.3. The predicted molar refractivity (Wildman–Crippen MR) is 74.9 cm³/mol. The average Bonchev–Trinajstić information content (AvgIpc) is 2.57. The molecule has 2 heterocycles. The van der Waals surface area contributed by atoms with Gasteiger partial charge in [-0.2, -0.15) is 5.10 Å². The zero-order valence-electron chi connectivity index (χ0n) is 11.0. The van der Waals surface area contributed by atoms with Gasteiger partial charge in [0, 0.05) is 17.7 Å². The molecular weight excluding hydrogens is 222 g/mol. The van der Waals surface area contributed by atoms with Gasteiger partial charge in [0.1, 0.15) is 0 Å². The van der Waals surface area contributed by atoms with Gasteiger partial charge >= 0.3 is 0 Å². The highest BCUT2D eigenvalue weighted by Gasteiger charge is 2.16. The van der Waals surface area contributed by atoms with E-state index in [1.165, 1.54) is 40.8 Å². The topological polar surface area (TPSA) is 40.7 Å². The van der Waals surface area contributed by atoms with E-state index in [0.717, 1.165) is 18.8 Å². The molecule has 0 bridgehead atoms. The number of H-pyrrole nitrogens is 1. The molecule has 0 aliphatic carbocycles. The standard InChI is InChI=1S/C15H19N3/c1-10-7-11(2)9-12(8-10)14-13-5-3-4-6-16-15(13)18-17-14/h7-9H,3-6H2,1-2H3,(H2,16,17,18). The lowest BCUT2D eigenvalue weighted by Crippen LogP contribution is -1.99. The van der Waals surface area contributed by atoms with Gasteiger partial charge in [-0.05, 0) is 45.2 Å². The Bertz CT molecular complexity index is 549. The molecule has 0 saturated heterocycles. The quantitative estimate of drug-likeness (QED) is 0.803. The van der Waals surface area contributed by atoms with E-state index >= 15 is 0 Å². The van der Waals surface area contributed by atoms with Gasteiger partial charge in [-0.25, -0.2) is 0 Å². The first-order valence-electron chi connectivity index (χ1n) is 6.64. The number of aromatic amines is 1. The fraction of sp³-hybridized carbons (Fsp3) is 0.400. The highest BCUT2D eigenvalue weighted by Crippen LogP contribution is 2.30. The van der Waals surface area contributed by atoms with Gasteiger partial charge in [-0.1, -0.05) is 17.2 Å². The number of rotatable bonds is 1. The molecule has 0 spiro atoms. The van der Waals surface area contributed by atoms with Crippen LogP contribution in [-0.2, 0) is 6.42 Å². The average molecular weight is 241 g/mol. The van der Waals surface area contributed by atoms with Crippen molar-refractivity contribution in [2.75, 3.05) is 11.9 Å². The van der Waals surface area contributed by atoms with Crippen molar-refractivity contribution in [2.45, 2.75) is 33.1 Å². The Kier molecular flexibility index (Phi) is 2.82. The SMILES string of the molecule is Cc1cc(C)cc(-c2[nH]nc3c2CCCCN3)c1. The molecule has 2 aromatic rings. The summed E-state index contributed by atoms with van der Waals surface area (Å²) in [6.07, 6.45) is 3.57. The number of anilines is 1. The van der Waals surface area contributed by atoms with Crippen LogP contribution in [0.1, 0.15) is 29.5 Å². The third-order valence-electron chi connectivity index (χ3n) is 3.52. The van der Waals surface area contributed by atoms with Crippen LogP contribution in [0.5, 0.6) is 0 Å². The van der Waals surface area contributed by atoms with Gasteiger partial charge in [0.05, 0.1) is 5.69 Å². The molecule has 3 heteroatoms. The Morgan fingerprint density at radius 1 is 1.06 bits per heavy atom. The number of aromatic nitrogens is 2. The second-order valence-corrected chi connectivity index (χ2v) is 5.19. The minimum absolute atomic E-state index is 1.03. The zero-order valence-corrected chi connectivity index (χ0v) is 11.0. The molecule has 1 aromatic heterocycles. The molecule has 1 aliphatic heterocycles. The third kappa shape index (κ3) is 2.01. The number of benzene rings is 1. The summed E-state index contributed by atoms with van der Waals surface area (Å²) >= 11 is 0. The van der Waals surface area contributed by atoms with Crippen LogP contribution in [0.3, 0.4) is 0 Å². The summed E-state index contributed by atoms with van der Waals surface area (Å²) in [5.41, 5.74) is 6.39. The van der Waals surface area contributed by atoms with Crippen LogP contribution in [0.15, 0.2) is 18.2 Å². The predicted octanol–water partition coefficient (Wildman–Crippen LogP) is 3.44. The maximum Gasteiger partial charge on any atom is 0.151 e. The van der Waals surface area contributed by atoms with Crippen LogP contribution in [-0.4, -0.2) is 16.7 Å². The molecule has 3 nitrogen and oxygen atoms in total. The van der Waals surface area contributed by atoms with Crippen molar-refractivity contribution >= 4 is 5.82 Å². The van der Waals surface area contributed by atoms with Crippen molar-refractivity contribution in [2.24, 2.45) is 0 Å². The van der Waals surface area contributed by atoms with E-state index in [1.54, 1.807) is 0 Å². The van der Waals surface area contributed by atoms with Crippen LogP contribution in [0.2, 0.25) is 0 Å². The monoisotopic (exact) mass is 241 g/mol. The van der Waals surface area contributed by atoms with E-state index in [1.807, 2.05) is 0 Å². The Labute approximate surface area is 108 Å². The van der Waals surface area contributed by atoms with E-state index in [-0.39, 0.29) is 0 Å². The number of hydrogen-bond donors (Lipinski definition) is 2. The number of hydrogen-bond acceptors (Lipinski definition) is 2. The number of nitrogens with one attached hydrogen (secondary N) is 2. The molecule has 3 rings (SSSR count). The molecule has 18 heavy (non-hydrogen) atoms. The van der Waals surface area contributed by atoms with E-state index in [2.05, 4.69) is 47.6 Å². The van der Waals surface area contributed by atoms with E-state index < -0.39 is 0 Å². The highest BCUT2D eigenvalue weighted by molar-refractivity contribution is 5.70. The number of fused-ring (bicyclic) bond motifs is 1. The minimum Gasteiger partial charge on any atom is -0.368 e. The smallest absolute Gasteiger partial charge is 0.151 e.